The standard InChI is InChI=1S/C24H26N2O5/c1-4-30-22-20(29-3)10-8-16-13-17(24(28)31-21(16)22)23(27)26-18-9-7-15(12-14(18)2)19-6-5-11-25-19/h7-10,12-13,19,25H,4-6,11H2,1-3H3,(H,26,27)/t19-/m0/s1. The lowest BCUT2D eigenvalue weighted by atomic mass is 10.0. The normalized spacial score (nSPS) is 15.8. The molecule has 2 aromatic carbocycles. The lowest BCUT2D eigenvalue weighted by Crippen LogP contribution is -2.21. The van der Waals surface area contributed by atoms with Gasteiger partial charge in [0, 0.05) is 17.1 Å². The third kappa shape index (κ3) is 4.14. The Morgan fingerprint density at radius 2 is 2.10 bits per heavy atom. The molecule has 3 aromatic rings. The van der Waals surface area contributed by atoms with Crippen molar-refractivity contribution in [2.24, 2.45) is 0 Å². The number of nitrogens with one attached hydrogen (secondary N) is 2. The van der Waals surface area contributed by atoms with E-state index in [1.807, 2.05) is 26.0 Å². The van der Waals surface area contributed by atoms with Gasteiger partial charge in [-0.2, -0.15) is 0 Å². The van der Waals surface area contributed by atoms with Gasteiger partial charge in [0.05, 0.1) is 13.7 Å². The Morgan fingerprint density at radius 3 is 2.77 bits per heavy atom. The molecule has 0 aliphatic carbocycles. The average molecular weight is 422 g/mol. The van der Waals surface area contributed by atoms with Gasteiger partial charge in [0.25, 0.3) is 5.91 Å². The topological polar surface area (TPSA) is 89.8 Å². The fraction of sp³-hybridized carbons (Fsp3) is 0.333. The second-order valence-electron chi connectivity index (χ2n) is 7.57. The number of aryl methyl sites for hydroxylation is 1. The van der Waals surface area contributed by atoms with Gasteiger partial charge >= 0.3 is 5.63 Å². The van der Waals surface area contributed by atoms with Gasteiger partial charge in [0.2, 0.25) is 5.75 Å². The van der Waals surface area contributed by atoms with Crippen LogP contribution in [0.3, 0.4) is 0 Å². The predicted octanol–water partition coefficient (Wildman–Crippen LogP) is 4.19. The zero-order valence-electron chi connectivity index (χ0n) is 17.9. The number of hydrogen-bond donors (Lipinski definition) is 2. The van der Waals surface area contributed by atoms with Crippen molar-refractivity contribution in [3.63, 3.8) is 0 Å². The molecule has 0 unspecified atom stereocenters. The number of amides is 1. The summed E-state index contributed by atoms with van der Waals surface area (Å²) in [5.74, 6) is 0.292. The van der Waals surface area contributed by atoms with Gasteiger partial charge in [0.1, 0.15) is 5.56 Å². The van der Waals surface area contributed by atoms with Crippen LogP contribution in [0.15, 0.2) is 45.6 Å². The lowest BCUT2D eigenvalue weighted by molar-refractivity contribution is 0.102. The number of hydrogen-bond acceptors (Lipinski definition) is 6. The largest absolute Gasteiger partial charge is 0.493 e. The first kappa shape index (κ1) is 20.9. The van der Waals surface area contributed by atoms with Crippen molar-refractivity contribution in [2.75, 3.05) is 25.6 Å². The van der Waals surface area contributed by atoms with E-state index in [4.69, 9.17) is 13.9 Å². The number of methoxy groups -OCH3 is 1. The Bertz CT molecular complexity index is 1180. The molecule has 1 aliphatic heterocycles. The van der Waals surface area contributed by atoms with Crippen LogP contribution in [0.2, 0.25) is 0 Å². The van der Waals surface area contributed by atoms with E-state index in [1.165, 1.54) is 18.7 Å². The van der Waals surface area contributed by atoms with Crippen LogP contribution in [0.1, 0.15) is 47.3 Å². The fourth-order valence-electron chi connectivity index (χ4n) is 3.94. The summed E-state index contributed by atoms with van der Waals surface area (Å²) in [5, 5.41) is 6.89. The number of carbonyl (C=O) groups is 1. The monoisotopic (exact) mass is 422 g/mol. The van der Waals surface area contributed by atoms with Crippen molar-refractivity contribution in [1.82, 2.24) is 5.32 Å². The van der Waals surface area contributed by atoms with Crippen LogP contribution in [-0.4, -0.2) is 26.2 Å². The molecular formula is C24H26N2O5. The van der Waals surface area contributed by atoms with E-state index in [9.17, 15) is 9.59 Å². The summed E-state index contributed by atoms with van der Waals surface area (Å²) in [6.07, 6.45) is 2.27. The molecule has 7 nitrogen and oxygen atoms in total. The number of anilines is 1. The Morgan fingerprint density at radius 1 is 1.26 bits per heavy atom. The quantitative estimate of drug-likeness (QED) is 0.579. The van der Waals surface area contributed by atoms with Crippen LogP contribution in [-0.2, 0) is 0 Å². The van der Waals surface area contributed by atoms with Crippen LogP contribution in [0.4, 0.5) is 5.69 Å². The minimum Gasteiger partial charge on any atom is -0.493 e. The van der Waals surface area contributed by atoms with Crippen molar-refractivity contribution in [2.45, 2.75) is 32.7 Å². The minimum absolute atomic E-state index is 0.0685. The van der Waals surface area contributed by atoms with Gasteiger partial charge < -0.3 is 24.5 Å². The molecule has 2 heterocycles. The highest BCUT2D eigenvalue weighted by Crippen LogP contribution is 2.35. The van der Waals surface area contributed by atoms with Gasteiger partial charge in [0.15, 0.2) is 11.3 Å². The number of fused-ring (bicyclic) bond motifs is 1. The van der Waals surface area contributed by atoms with Crippen molar-refractivity contribution in [3.8, 4) is 11.5 Å². The molecule has 1 aliphatic rings. The van der Waals surface area contributed by atoms with Gasteiger partial charge in [-0.3, -0.25) is 4.79 Å². The Balaban J connectivity index is 1.63. The highest BCUT2D eigenvalue weighted by atomic mass is 16.5. The molecule has 0 bridgehead atoms. The third-order valence-corrected chi connectivity index (χ3v) is 5.54. The van der Waals surface area contributed by atoms with Crippen molar-refractivity contribution in [1.29, 1.82) is 0 Å². The van der Waals surface area contributed by atoms with Crippen LogP contribution >= 0.6 is 0 Å². The summed E-state index contributed by atoms with van der Waals surface area (Å²) in [6, 6.07) is 11.3. The van der Waals surface area contributed by atoms with Crippen molar-refractivity contribution >= 4 is 22.6 Å². The SMILES string of the molecule is CCOc1c(OC)ccc2cc(C(=O)Nc3ccc([C@@H]4CCCN4)cc3C)c(=O)oc12. The molecule has 1 fully saturated rings. The fourth-order valence-corrected chi connectivity index (χ4v) is 3.94. The maximum absolute atomic E-state index is 12.9. The van der Waals surface area contributed by atoms with E-state index in [-0.39, 0.29) is 11.1 Å². The Kier molecular flexibility index (Phi) is 5.95. The van der Waals surface area contributed by atoms with Crippen molar-refractivity contribution < 1.29 is 18.7 Å². The number of benzene rings is 2. The van der Waals surface area contributed by atoms with Gasteiger partial charge in [-0.1, -0.05) is 12.1 Å². The summed E-state index contributed by atoms with van der Waals surface area (Å²) in [7, 11) is 1.51. The highest BCUT2D eigenvalue weighted by Gasteiger charge is 2.20. The smallest absolute Gasteiger partial charge is 0.349 e. The molecule has 7 heteroatoms. The molecule has 2 N–H and O–H groups in total. The van der Waals surface area contributed by atoms with Crippen molar-refractivity contribution in [3.05, 3.63) is 63.5 Å². The molecule has 1 aromatic heterocycles. The van der Waals surface area contributed by atoms with Crippen LogP contribution in [0, 0.1) is 6.92 Å². The van der Waals surface area contributed by atoms with E-state index in [0.29, 0.717) is 35.2 Å². The zero-order chi connectivity index (χ0) is 22.0. The first-order chi connectivity index (χ1) is 15.0. The molecule has 1 atom stereocenters. The number of ether oxygens (including phenoxy) is 2. The number of carbonyl (C=O) groups excluding carboxylic acids is 1. The van der Waals surface area contributed by atoms with E-state index in [1.54, 1.807) is 12.1 Å². The zero-order valence-corrected chi connectivity index (χ0v) is 17.9. The molecule has 31 heavy (non-hydrogen) atoms. The first-order valence-corrected chi connectivity index (χ1v) is 10.4. The summed E-state index contributed by atoms with van der Waals surface area (Å²) in [4.78, 5) is 25.5. The molecular weight excluding hydrogens is 396 g/mol. The second-order valence-corrected chi connectivity index (χ2v) is 7.57. The van der Waals surface area contributed by atoms with E-state index >= 15 is 0 Å². The van der Waals surface area contributed by atoms with Gasteiger partial charge in [-0.15, -0.1) is 0 Å². The molecule has 0 spiro atoms. The second kappa shape index (κ2) is 8.81. The van der Waals surface area contributed by atoms with Gasteiger partial charge in [-0.05, 0) is 68.6 Å². The summed E-state index contributed by atoms with van der Waals surface area (Å²) >= 11 is 0. The number of rotatable bonds is 6. The van der Waals surface area contributed by atoms with Crippen LogP contribution in [0.5, 0.6) is 11.5 Å². The molecule has 162 valence electrons. The first-order valence-electron chi connectivity index (χ1n) is 10.4. The van der Waals surface area contributed by atoms with E-state index in [0.717, 1.165) is 24.9 Å². The molecule has 1 amide bonds. The lowest BCUT2D eigenvalue weighted by Gasteiger charge is -2.14. The molecule has 0 radical (unpaired) electrons. The van der Waals surface area contributed by atoms with E-state index in [2.05, 4.69) is 16.7 Å². The van der Waals surface area contributed by atoms with Gasteiger partial charge in [-0.25, -0.2) is 4.79 Å². The van der Waals surface area contributed by atoms with Crippen LogP contribution < -0.4 is 25.7 Å². The minimum atomic E-state index is -0.733. The molecule has 4 rings (SSSR count). The maximum atomic E-state index is 12.9. The summed E-state index contributed by atoms with van der Waals surface area (Å²) < 4.78 is 16.4. The van der Waals surface area contributed by atoms with E-state index < -0.39 is 11.5 Å². The molecule has 0 saturated carbocycles. The summed E-state index contributed by atoms with van der Waals surface area (Å²) in [6.45, 7) is 5.18. The van der Waals surface area contributed by atoms with Crippen LogP contribution in [0.25, 0.3) is 11.0 Å². The highest BCUT2D eigenvalue weighted by molar-refractivity contribution is 6.06. The maximum Gasteiger partial charge on any atom is 0.349 e. The summed E-state index contributed by atoms with van der Waals surface area (Å²) in [5.41, 5.74) is 2.26. The predicted molar refractivity (Wildman–Crippen MR) is 119 cm³/mol. The Hall–Kier alpha value is -3.32. The molecule has 1 saturated heterocycles. The Labute approximate surface area is 180 Å². The average Bonchev–Trinajstić information content (AvgIpc) is 3.30. The third-order valence-electron chi connectivity index (χ3n) is 5.54.